The normalized spacial score (nSPS) is 16.0. The van der Waals surface area contributed by atoms with Crippen LogP contribution in [-0.2, 0) is 4.74 Å². The summed E-state index contributed by atoms with van der Waals surface area (Å²) in [7, 11) is 0. The number of aromatic nitrogens is 1. The van der Waals surface area contributed by atoms with Gasteiger partial charge in [0.1, 0.15) is 0 Å². The molecule has 1 aromatic rings. The van der Waals surface area contributed by atoms with Gasteiger partial charge in [-0.3, -0.25) is 4.79 Å². The first-order chi connectivity index (χ1) is 9.66. The van der Waals surface area contributed by atoms with Gasteiger partial charge in [-0.05, 0) is 12.8 Å². The van der Waals surface area contributed by atoms with Gasteiger partial charge in [-0.2, -0.15) is 0 Å². The van der Waals surface area contributed by atoms with Gasteiger partial charge in [0.25, 0.3) is 5.91 Å². The molecule has 1 fully saturated rings. The molecule has 0 aromatic carbocycles. The fourth-order valence-electron chi connectivity index (χ4n) is 2.17. The van der Waals surface area contributed by atoms with E-state index in [9.17, 15) is 9.59 Å². The molecule has 0 radical (unpaired) electrons. The van der Waals surface area contributed by atoms with Crippen molar-refractivity contribution in [3.8, 4) is 0 Å². The smallest absolute Gasteiger partial charge is 0.355 e. The van der Waals surface area contributed by atoms with E-state index in [1.54, 1.807) is 0 Å². The van der Waals surface area contributed by atoms with Crippen molar-refractivity contribution in [2.45, 2.75) is 38.2 Å². The highest BCUT2D eigenvalue weighted by Crippen LogP contribution is 2.19. The van der Waals surface area contributed by atoms with E-state index in [4.69, 9.17) is 9.84 Å². The lowest BCUT2D eigenvalue weighted by Crippen LogP contribution is -2.29. The number of hydrogen-bond acceptors (Lipinski definition) is 5. The molecule has 0 unspecified atom stereocenters. The number of carboxylic acid groups (broad SMARTS) is 1. The minimum Gasteiger partial charge on any atom is -0.476 e. The number of nitrogens with one attached hydrogen (secondary N) is 1. The number of carbonyl (C=O) groups excluding carboxylic acids is 1. The van der Waals surface area contributed by atoms with E-state index in [0.717, 1.165) is 24.2 Å². The summed E-state index contributed by atoms with van der Waals surface area (Å²) in [5.74, 6) is -1.48. The summed E-state index contributed by atoms with van der Waals surface area (Å²) in [5, 5.41) is 12.9. The summed E-state index contributed by atoms with van der Waals surface area (Å²) in [6, 6.07) is 0. The summed E-state index contributed by atoms with van der Waals surface area (Å²) in [4.78, 5) is 26.1. The van der Waals surface area contributed by atoms with Crippen molar-refractivity contribution in [2.75, 3.05) is 13.2 Å². The zero-order valence-corrected chi connectivity index (χ0v) is 11.9. The molecular formula is C13H18N2O4S. The van der Waals surface area contributed by atoms with Crippen LogP contribution in [0.2, 0.25) is 0 Å². The van der Waals surface area contributed by atoms with E-state index >= 15 is 0 Å². The van der Waals surface area contributed by atoms with Crippen LogP contribution in [0.4, 0.5) is 0 Å². The summed E-state index contributed by atoms with van der Waals surface area (Å²) in [6.07, 6.45) is 6.23. The van der Waals surface area contributed by atoms with Gasteiger partial charge in [-0.1, -0.05) is 19.3 Å². The van der Waals surface area contributed by atoms with Gasteiger partial charge in [0, 0.05) is 11.9 Å². The van der Waals surface area contributed by atoms with Crippen LogP contribution >= 0.6 is 11.3 Å². The Morgan fingerprint density at radius 2 is 2.15 bits per heavy atom. The third-order valence-corrected chi connectivity index (χ3v) is 4.05. The summed E-state index contributed by atoms with van der Waals surface area (Å²) >= 11 is 1.03. The summed E-state index contributed by atoms with van der Waals surface area (Å²) in [5.41, 5.74) is -0.0985. The van der Waals surface area contributed by atoms with Gasteiger partial charge in [0.05, 0.1) is 12.7 Å². The summed E-state index contributed by atoms with van der Waals surface area (Å²) < 4.78 is 5.69. The Bertz CT molecular complexity index is 469. The standard InChI is InChI=1S/C13H18N2O4S/c16-11(12-15-10(8-20-12)13(17)18)14-6-7-19-9-4-2-1-3-5-9/h8-9H,1-7H2,(H,14,16)(H,17,18). The van der Waals surface area contributed by atoms with Gasteiger partial charge >= 0.3 is 5.97 Å². The number of carbonyl (C=O) groups is 2. The maximum absolute atomic E-state index is 11.7. The first kappa shape index (κ1) is 14.9. The summed E-state index contributed by atoms with van der Waals surface area (Å²) in [6.45, 7) is 0.894. The van der Waals surface area contributed by atoms with E-state index in [1.807, 2.05) is 0 Å². The van der Waals surface area contributed by atoms with Gasteiger partial charge in [-0.15, -0.1) is 11.3 Å². The predicted octanol–water partition coefficient (Wildman–Crippen LogP) is 1.92. The molecule has 1 aliphatic carbocycles. The molecule has 1 heterocycles. The minimum atomic E-state index is -1.12. The number of carboxylic acids is 1. The number of nitrogens with zero attached hydrogens (tertiary/aromatic N) is 1. The van der Waals surface area contributed by atoms with E-state index in [1.165, 1.54) is 24.6 Å². The van der Waals surface area contributed by atoms with Crippen LogP contribution < -0.4 is 5.32 Å². The average molecular weight is 298 g/mol. The maximum atomic E-state index is 11.7. The molecule has 20 heavy (non-hydrogen) atoms. The maximum Gasteiger partial charge on any atom is 0.355 e. The van der Waals surface area contributed by atoms with E-state index in [0.29, 0.717) is 19.3 Å². The first-order valence-corrected chi connectivity index (χ1v) is 7.63. The van der Waals surface area contributed by atoms with Gasteiger partial charge in [0.2, 0.25) is 0 Å². The number of ether oxygens (including phenoxy) is 1. The van der Waals surface area contributed by atoms with Crippen LogP contribution in [0.1, 0.15) is 52.4 Å². The highest BCUT2D eigenvalue weighted by atomic mass is 32.1. The van der Waals surface area contributed by atoms with Crippen molar-refractivity contribution in [2.24, 2.45) is 0 Å². The second-order valence-corrected chi connectivity index (χ2v) is 5.59. The molecular weight excluding hydrogens is 280 g/mol. The lowest BCUT2D eigenvalue weighted by atomic mass is 9.98. The van der Waals surface area contributed by atoms with Crippen molar-refractivity contribution in [3.63, 3.8) is 0 Å². The monoisotopic (exact) mass is 298 g/mol. The number of thiazole rings is 1. The third-order valence-electron chi connectivity index (χ3n) is 3.21. The van der Waals surface area contributed by atoms with Gasteiger partial charge < -0.3 is 15.2 Å². The Balaban J connectivity index is 1.67. The molecule has 2 rings (SSSR count). The quantitative estimate of drug-likeness (QED) is 0.783. The number of rotatable bonds is 6. The Labute approximate surface area is 121 Å². The molecule has 1 amide bonds. The van der Waals surface area contributed by atoms with Crippen LogP contribution in [0.15, 0.2) is 5.38 Å². The topological polar surface area (TPSA) is 88.5 Å². The van der Waals surface area contributed by atoms with Crippen molar-refractivity contribution in [1.29, 1.82) is 0 Å². The van der Waals surface area contributed by atoms with Crippen LogP contribution in [-0.4, -0.2) is 41.2 Å². The van der Waals surface area contributed by atoms with Crippen molar-refractivity contribution < 1.29 is 19.4 Å². The first-order valence-electron chi connectivity index (χ1n) is 6.75. The molecule has 0 aliphatic heterocycles. The van der Waals surface area contributed by atoms with Crippen LogP contribution in [0.5, 0.6) is 0 Å². The molecule has 2 N–H and O–H groups in total. The molecule has 6 nitrogen and oxygen atoms in total. The fourth-order valence-corrected chi connectivity index (χ4v) is 2.88. The van der Waals surface area contributed by atoms with Crippen molar-refractivity contribution >= 4 is 23.2 Å². The molecule has 0 saturated heterocycles. The number of hydrogen-bond donors (Lipinski definition) is 2. The molecule has 0 bridgehead atoms. The van der Waals surface area contributed by atoms with E-state index < -0.39 is 5.97 Å². The predicted molar refractivity (Wildman–Crippen MR) is 74.2 cm³/mol. The average Bonchev–Trinajstić information content (AvgIpc) is 2.94. The Morgan fingerprint density at radius 3 is 2.80 bits per heavy atom. The molecule has 110 valence electrons. The largest absolute Gasteiger partial charge is 0.476 e. The Hall–Kier alpha value is -1.47. The minimum absolute atomic E-state index is 0.0985. The van der Waals surface area contributed by atoms with Crippen LogP contribution in [0.25, 0.3) is 0 Å². The van der Waals surface area contributed by atoms with Gasteiger partial charge in [-0.25, -0.2) is 9.78 Å². The zero-order chi connectivity index (χ0) is 14.4. The number of aromatic carboxylic acids is 1. The second-order valence-electron chi connectivity index (χ2n) is 4.73. The molecule has 0 spiro atoms. The van der Waals surface area contributed by atoms with Crippen LogP contribution in [0.3, 0.4) is 0 Å². The SMILES string of the molecule is O=C(O)c1csc(C(=O)NCCOC2CCCCC2)n1. The fraction of sp³-hybridized carbons (Fsp3) is 0.615. The molecule has 0 atom stereocenters. The molecule has 7 heteroatoms. The zero-order valence-electron chi connectivity index (χ0n) is 11.1. The van der Waals surface area contributed by atoms with Crippen molar-refractivity contribution in [1.82, 2.24) is 10.3 Å². The molecule has 1 saturated carbocycles. The van der Waals surface area contributed by atoms with Gasteiger partial charge in [0.15, 0.2) is 10.7 Å². The molecule has 1 aromatic heterocycles. The van der Waals surface area contributed by atoms with E-state index in [-0.39, 0.29) is 16.6 Å². The molecule has 1 aliphatic rings. The lowest BCUT2D eigenvalue weighted by molar-refractivity contribution is 0.0299. The highest BCUT2D eigenvalue weighted by molar-refractivity contribution is 7.11. The van der Waals surface area contributed by atoms with Crippen molar-refractivity contribution in [3.05, 3.63) is 16.1 Å². The lowest BCUT2D eigenvalue weighted by Gasteiger charge is -2.21. The highest BCUT2D eigenvalue weighted by Gasteiger charge is 2.15. The number of amides is 1. The second kappa shape index (κ2) is 7.35. The van der Waals surface area contributed by atoms with E-state index in [2.05, 4.69) is 10.3 Å². The Morgan fingerprint density at radius 1 is 1.40 bits per heavy atom. The Kier molecular flexibility index (Phi) is 5.49. The third kappa shape index (κ3) is 4.28. The van der Waals surface area contributed by atoms with Crippen LogP contribution in [0, 0.1) is 0 Å².